The van der Waals surface area contributed by atoms with Gasteiger partial charge in [-0.1, -0.05) is 129 Å². The molecule has 0 radical (unpaired) electrons. The monoisotopic (exact) mass is 516 g/mol. The van der Waals surface area contributed by atoms with Crippen molar-refractivity contribution in [3.05, 3.63) is 0 Å². The molecule has 0 aromatic carbocycles. The van der Waals surface area contributed by atoms with E-state index in [1.54, 1.807) is 0 Å². The van der Waals surface area contributed by atoms with E-state index in [1.165, 1.54) is 96.3 Å². The number of hydrogen-bond donors (Lipinski definition) is 0. The van der Waals surface area contributed by atoms with E-state index in [9.17, 15) is 9.59 Å². The molecule has 0 fully saturated rings. The molecule has 0 rings (SSSR count). The molecule has 0 bridgehead atoms. The predicted molar refractivity (Wildman–Crippen MR) is 132 cm³/mol. The van der Waals surface area contributed by atoms with E-state index in [0.717, 1.165) is 32.1 Å². The number of carbonyl (C=O) groups is 2. The van der Waals surface area contributed by atoms with Crippen LogP contribution < -0.4 is 0 Å². The van der Waals surface area contributed by atoms with E-state index >= 15 is 0 Å². The molecule has 0 saturated carbocycles. The predicted octanol–water partition coefficient (Wildman–Crippen LogP) is 8.52. The Balaban J connectivity index is -0.000000653. The number of ether oxygens (including phenoxy) is 1. The van der Waals surface area contributed by atoms with Gasteiger partial charge in [-0.3, -0.25) is 9.59 Å². The molecule has 0 saturated heterocycles. The Morgan fingerprint density at radius 3 is 0.968 bits per heavy atom. The summed E-state index contributed by atoms with van der Waals surface area (Å²) < 4.78 is 4.90. The van der Waals surface area contributed by atoms with Crippen molar-refractivity contribution in [2.24, 2.45) is 0 Å². The summed E-state index contributed by atoms with van der Waals surface area (Å²) in [7, 11) is 0. The van der Waals surface area contributed by atoms with Gasteiger partial charge in [-0.15, -0.1) is 0 Å². The Bertz CT molecular complexity index is 389. The summed E-state index contributed by atoms with van der Waals surface area (Å²) in [6, 6.07) is 0. The maximum atomic E-state index is 11.7. The quantitative estimate of drug-likeness (QED) is 0.0625. The first-order valence-corrected chi connectivity index (χ1v) is 12.9. The van der Waals surface area contributed by atoms with Crippen molar-refractivity contribution in [2.75, 3.05) is 0 Å². The molecule has 31 heavy (non-hydrogen) atoms. The number of unbranched alkanes of at least 4 members (excludes halogenated alkanes) is 18. The number of hydrogen-bond acceptors (Lipinski definition) is 3. The summed E-state index contributed by atoms with van der Waals surface area (Å²) in [6.45, 7) is 4.44. The average Bonchev–Trinajstić information content (AvgIpc) is 2.70. The van der Waals surface area contributed by atoms with Crippen LogP contribution >= 0.6 is 0 Å². The van der Waals surface area contributed by atoms with E-state index in [4.69, 9.17) is 4.74 Å². The zero-order valence-electron chi connectivity index (χ0n) is 23.2. The topological polar surface area (TPSA) is 43.4 Å². The summed E-state index contributed by atoms with van der Waals surface area (Å²) in [5.41, 5.74) is 0. The Morgan fingerprint density at radius 1 is 0.484 bits per heavy atom. The van der Waals surface area contributed by atoms with Crippen LogP contribution in [0.2, 0.25) is 0 Å². The molecule has 0 aliphatic rings. The molecule has 0 aromatic rings. The minimum absolute atomic E-state index is 0. The molecule has 0 aliphatic heterocycles. The van der Waals surface area contributed by atoms with E-state index in [1.807, 2.05) is 0 Å². The smallest absolute Gasteiger partial charge is 1.00 e. The maximum Gasteiger partial charge on any atom is 2.00 e. The molecule has 178 valence electrons. The van der Waals surface area contributed by atoms with Crippen LogP contribution in [0.5, 0.6) is 0 Å². The van der Waals surface area contributed by atoms with Crippen molar-refractivity contribution < 1.29 is 36.7 Å². The van der Waals surface area contributed by atoms with Crippen molar-refractivity contribution in [3.63, 3.8) is 0 Å². The molecule has 5 heteroatoms. The van der Waals surface area contributed by atoms with E-state index < -0.39 is 0 Å². The van der Waals surface area contributed by atoms with Gasteiger partial charge < -0.3 is 7.59 Å². The first kappa shape index (κ1) is 36.6. The summed E-state index contributed by atoms with van der Waals surface area (Å²) in [5.74, 6) is -0.675. The van der Waals surface area contributed by atoms with Gasteiger partial charge in [-0.25, -0.2) is 0 Å². The minimum Gasteiger partial charge on any atom is -1.00 e. The zero-order valence-corrected chi connectivity index (χ0v) is 26.4. The van der Waals surface area contributed by atoms with Gasteiger partial charge >= 0.3 is 49.7 Å². The fourth-order valence-electron chi connectivity index (χ4n) is 3.74. The van der Waals surface area contributed by atoms with Crippen molar-refractivity contribution in [3.8, 4) is 0 Å². The molecule has 0 N–H and O–H groups in total. The molecule has 0 unspecified atom stereocenters. The first-order valence-electron chi connectivity index (χ1n) is 12.9. The molecular weight excluding hydrogens is 466 g/mol. The van der Waals surface area contributed by atoms with Crippen LogP contribution in [0.3, 0.4) is 0 Å². The van der Waals surface area contributed by atoms with Crippen LogP contribution in [0, 0.1) is 0 Å². The SMILES string of the molecule is CCCCCCCCCCCCCCCCCC(=O)OC(=O)CCCCCCC.[Ca+2].[H-].[H-].[Zn]. The fraction of sp³-hybridized carbons (Fsp3) is 0.923. The Hall–Kier alpha value is 1.02. The van der Waals surface area contributed by atoms with Crippen molar-refractivity contribution in [1.29, 1.82) is 0 Å². The Morgan fingerprint density at radius 2 is 0.710 bits per heavy atom. The van der Waals surface area contributed by atoms with Gasteiger partial charge in [0, 0.05) is 32.3 Å². The zero-order chi connectivity index (χ0) is 21.4. The number of carbonyl (C=O) groups excluding carboxylic acids is 2. The molecule has 3 nitrogen and oxygen atoms in total. The van der Waals surface area contributed by atoms with Gasteiger partial charge in [-0.05, 0) is 12.8 Å². The van der Waals surface area contributed by atoms with Crippen LogP contribution in [0.4, 0.5) is 0 Å². The van der Waals surface area contributed by atoms with E-state index in [0.29, 0.717) is 12.8 Å². The van der Waals surface area contributed by atoms with E-state index in [2.05, 4.69) is 13.8 Å². The van der Waals surface area contributed by atoms with E-state index in [-0.39, 0.29) is 72.0 Å². The average molecular weight is 518 g/mol. The standard InChI is InChI=1S/C26H50O3.Ca.Zn.2H/c1-3-5-7-9-10-11-12-13-14-15-16-17-18-20-22-24-26(28)29-25(27)23-21-19-8-6-4-2;;;;/h3-24H2,1-2H3;;;;/q;+2;;2*-1. The van der Waals surface area contributed by atoms with Gasteiger partial charge in [0.2, 0.25) is 0 Å². The molecule has 0 heterocycles. The number of esters is 2. The van der Waals surface area contributed by atoms with Crippen LogP contribution in [0.25, 0.3) is 0 Å². The van der Waals surface area contributed by atoms with Crippen LogP contribution in [-0.2, 0) is 33.8 Å². The minimum atomic E-state index is -0.340. The van der Waals surface area contributed by atoms with Crippen LogP contribution in [0.1, 0.15) is 158 Å². The Labute approximate surface area is 239 Å². The Kier molecular flexibility index (Phi) is 36.6. The largest absolute Gasteiger partial charge is 2.00 e. The first-order chi connectivity index (χ1) is 14.2. The number of rotatable bonds is 22. The van der Waals surface area contributed by atoms with Crippen LogP contribution in [-0.4, -0.2) is 49.7 Å². The second-order valence-electron chi connectivity index (χ2n) is 8.71. The third-order valence-electron chi connectivity index (χ3n) is 5.70. The fourth-order valence-corrected chi connectivity index (χ4v) is 3.74. The second kappa shape index (κ2) is 31.0. The van der Waals surface area contributed by atoms with Gasteiger partial charge in [0.25, 0.3) is 0 Å². The summed E-state index contributed by atoms with van der Waals surface area (Å²) in [6.07, 6.45) is 25.9. The van der Waals surface area contributed by atoms with Crippen molar-refractivity contribution in [1.82, 2.24) is 0 Å². The third kappa shape index (κ3) is 31.0. The van der Waals surface area contributed by atoms with Crippen molar-refractivity contribution in [2.45, 2.75) is 155 Å². The van der Waals surface area contributed by atoms with Gasteiger partial charge in [0.15, 0.2) is 0 Å². The molecule has 0 aliphatic carbocycles. The van der Waals surface area contributed by atoms with Gasteiger partial charge in [0.05, 0.1) is 0 Å². The van der Waals surface area contributed by atoms with Crippen molar-refractivity contribution >= 4 is 49.7 Å². The third-order valence-corrected chi connectivity index (χ3v) is 5.70. The molecule has 0 spiro atoms. The summed E-state index contributed by atoms with van der Waals surface area (Å²) >= 11 is 0. The molecule has 0 amide bonds. The molecule has 0 aromatic heterocycles. The van der Waals surface area contributed by atoms with Gasteiger partial charge in [-0.2, -0.15) is 0 Å². The van der Waals surface area contributed by atoms with Gasteiger partial charge in [0.1, 0.15) is 0 Å². The summed E-state index contributed by atoms with van der Waals surface area (Å²) in [5, 5.41) is 0. The van der Waals surface area contributed by atoms with Crippen LogP contribution in [0.15, 0.2) is 0 Å². The molecule has 0 atom stereocenters. The molecular formula is C26H52CaO3Zn. The summed E-state index contributed by atoms with van der Waals surface area (Å²) in [4.78, 5) is 23.3. The second-order valence-corrected chi connectivity index (χ2v) is 8.71. The maximum absolute atomic E-state index is 11.7. The normalized spacial score (nSPS) is 10.3.